The van der Waals surface area contributed by atoms with Crippen LogP contribution in [0.4, 0.5) is 0 Å². The Morgan fingerprint density at radius 2 is 1.60 bits per heavy atom. The van der Waals surface area contributed by atoms with Gasteiger partial charge in [-0.25, -0.2) is 0 Å². The minimum Gasteiger partial charge on any atom is -0.369 e. The first-order valence-corrected chi connectivity index (χ1v) is 2.94. The molecule has 0 saturated heterocycles. The highest BCUT2D eigenvalue weighted by atomic mass is 16.5. The number of nitrogens with one attached hydrogen (secondary N) is 2. The summed E-state index contributed by atoms with van der Waals surface area (Å²) in [4.78, 5) is 0. The summed E-state index contributed by atoms with van der Waals surface area (Å²) in [5.74, 6) is 0. The molecule has 0 fully saturated rings. The van der Waals surface area contributed by atoms with E-state index in [9.17, 15) is 0 Å². The van der Waals surface area contributed by atoms with Crippen molar-refractivity contribution in [3.63, 3.8) is 0 Å². The van der Waals surface area contributed by atoms with Crippen LogP contribution in [0.3, 0.4) is 0 Å². The highest BCUT2D eigenvalue weighted by Gasteiger charge is 1.97. The van der Waals surface area contributed by atoms with Crippen molar-refractivity contribution in [1.82, 2.24) is 10.6 Å². The number of ether oxygens (including phenoxy) is 2. The van der Waals surface area contributed by atoms with E-state index in [2.05, 4.69) is 20.1 Å². The molecular formula is C5H14N2O3. The molecule has 10 heavy (non-hydrogen) atoms. The van der Waals surface area contributed by atoms with Gasteiger partial charge in [0.1, 0.15) is 0 Å². The van der Waals surface area contributed by atoms with Crippen molar-refractivity contribution in [1.29, 1.82) is 0 Å². The van der Waals surface area contributed by atoms with Crippen LogP contribution in [0.15, 0.2) is 0 Å². The summed E-state index contributed by atoms with van der Waals surface area (Å²) >= 11 is 0. The van der Waals surface area contributed by atoms with E-state index in [1.165, 1.54) is 14.2 Å². The van der Waals surface area contributed by atoms with E-state index >= 15 is 0 Å². The number of aliphatic hydroxyl groups is 1. The lowest BCUT2D eigenvalue weighted by Gasteiger charge is -2.12. The van der Waals surface area contributed by atoms with Crippen molar-refractivity contribution in [3.05, 3.63) is 0 Å². The number of methoxy groups -OCH3 is 2. The minimum atomic E-state index is -0.778. The Hall–Kier alpha value is -0.200. The molecule has 0 aliphatic rings. The highest BCUT2D eigenvalue weighted by molar-refractivity contribution is 4.40. The maximum atomic E-state index is 8.93. The summed E-state index contributed by atoms with van der Waals surface area (Å²) in [6.07, 6.45) is -0.778. The Balaban J connectivity index is 3.00. The smallest absolute Gasteiger partial charge is 0.163 e. The third kappa shape index (κ3) is 5.93. The molecular weight excluding hydrogens is 136 g/mol. The second kappa shape index (κ2) is 6.91. The quantitative estimate of drug-likeness (QED) is 0.409. The normalized spacial score (nSPS) is 10.8. The van der Waals surface area contributed by atoms with Crippen molar-refractivity contribution < 1.29 is 14.6 Å². The van der Waals surface area contributed by atoms with E-state index in [0.717, 1.165) is 0 Å². The first kappa shape index (κ1) is 9.80. The molecule has 0 aromatic heterocycles. The SMILES string of the molecule is COCNC(O)NCOC. The molecule has 0 spiro atoms. The van der Waals surface area contributed by atoms with E-state index in [-0.39, 0.29) is 0 Å². The van der Waals surface area contributed by atoms with Crippen LogP contribution >= 0.6 is 0 Å². The van der Waals surface area contributed by atoms with Crippen molar-refractivity contribution in [2.24, 2.45) is 0 Å². The van der Waals surface area contributed by atoms with Gasteiger partial charge in [-0.2, -0.15) is 0 Å². The highest BCUT2D eigenvalue weighted by Crippen LogP contribution is 1.69. The predicted molar refractivity (Wildman–Crippen MR) is 36.0 cm³/mol. The van der Waals surface area contributed by atoms with Gasteiger partial charge in [-0.3, -0.25) is 10.6 Å². The second-order valence-electron chi connectivity index (χ2n) is 1.68. The molecule has 62 valence electrons. The zero-order valence-electron chi connectivity index (χ0n) is 6.26. The molecule has 0 bridgehead atoms. The first-order chi connectivity index (χ1) is 4.81. The largest absolute Gasteiger partial charge is 0.369 e. The summed E-state index contributed by atoms with van der Waals surface area (Å²) in [7, 11) is 3.08. The Bertz CT molecular complexity index is 63.9. The Morgan fingerprint density at radius 1 is 1.20 bits per heavy atom. The molecule has 0 amide bonds. The standard InChI is InChI=1S/C5H14N2O3/c1-9-3-6-5(8)7-4-10-2/h5-8H,3-4H2,1-2H3. The third-order valence-electron chi connectivity index (χ3n) is 0.842. The average Bonchev–Trinajstić information content (AvgIpc) is 1.97. The fourth-order valence-corrected chi connectivity index (χ4v) is 0.397. The Labute approximate surface area is 60.3 Å². The van der Waals surface area contributed by atoms with E-state index in [0.29, 0.717) is 13.5 Å². The van der Waals surface area contributed by atoms with Crippen molar-refractivity contribution >= 4 is 0 Å². The van der Waals surface area contributed by atoms with Gasteiger partial charge in [-0.05, 0) is 0 Å². The summed E-state index contributed by atoms with van der Waals surface area (Å²) in [6, 6.07) is 0. The van der Waals surface area contributed by atoms with Gasteiger partial charge in [-0.1, -0.05) is 0 Å². The van der Waals surface area contributed by atoms with Gasteiger partial charge < -0.3 is 14.6 Å². The zero-order chi connectivity index (χ0) is 7.82. The molecule has 0 saturated carbocycles. The van der Waals surface area contributed by atoms with Gasteiger partial charge in [0.25, 0.3) is 0 Å². The van der Waals surface area contributed by atoms with Crippen LogP contribution in [0.1, 0.15) is 0 Å². The lowest BCUT2D eigenvalue weighted by molar-refractivity contribution is 0.0252. The van der Waals surface area contributed by atoms with Gasteiger partial charge in [0.05, 0.1) is 13.5 Å². The second-order valence-corrected chi connectivity index (χ2v) is 1.68. The summed E-state index contributed by atoms with van der Waals surface area (Å²) in [5, 5.41) is 14.1. The summed E-state index contributed by atoms with van der Waals surface area (Å²) < 4.78 is 9.28. The van der Waals surface area contributed by atoms with Crippen LogP contribution in [0.2, 0.25) is 0 Å². The molecule has 0 unspecified atom stereocenters. The monoisotopic (exact) mass is 150 g/mol. The van der Waals surface area contributed by atoms with Crippen LogP contribution < -0.4 is 10.6 Å². The fourth-order valence-electron chi connectivity index (χ4n) is 0.397. The molecule has 5 nitrogen and oxygen atoms in total. The van der Waals surface area contributed by atoms with Crippen molar-refractivity contribution in [2.75, 3.05) is 27.7 Å². The van der Waals surface area contributed by atoms with Crippen LogP contribution in [0.25, 0.3) is 0 Å². The predicted octanol–water partition coefficient (Wildman–Crippen LogP) is -1.35. The zero-order valence-corrected chi connectivity index (χ0v) is 6.26. The summed E-state index contributed by atoms with van der Waals surface area (Å²) in [5.41, 5.74) is 0. The lowest BCUT2D eigenvalue weighted by Crippen LogP contribution is -2.43. The molecule has 0 aromatic carbocycles. The molecule has 0 radical (unpaired) electrons. The van der Waals surface area contributed by atoms with Gasteiger partial charge >= 0.3 is 0 Å². The number of rotatable bonds is 6. The minimum absolute atomic E-state index is 0.303. The van der Waals surface area contributed by atoms with Gasteiger partial charge in [0.15, 0.2) is 6.35 Å². The maximum absolute atomic E-state index is 8.93. The Kier molecular flexibility index (Phi) is 6.78. The molecule has 0 aliphatic carbocycles. The third-order valence-corrected chi connectivity index (χ3v) is 0.842. The van der Waals surface area contributed by atoms with Crippen molar-refractivity contribution in [2.45, 2.75) is 6.35 Å². The number of aliphatic hydroxyl groups excluding tert-OH is 1. The maximum Gasteiger partial charge on any atom is 0.163 e. The lowest BCUT2D eigenvalue weighted by atomic mass is 10.9. The van der Waals surface area contributed by atoms with Crippen LogP contribution in [-0.2, 0) is 9.47 Å². The van der Waals surface area contributed by atoms with Gasteiger partial charge in [0, 0.05) is 14.2 Å². The molecule has 0 rings (SSSR count). The summed E-state index contributed by atoms with van der Waals surface area (Å²) in [6.45, 7) is 0.607. The first-order valence-electron chi connectivity index (χ1n) is 2.94. The fraction of sp³-hybridized carbons (Fsp3) is 1.00. The van der Waals surface area contributed by atoms with E-state index in [1.54, 1.807) is 0 Å². The van der Waals surface area contributed by atoms with E-state index in [4.69, 9.17) is 5.11 Å². The molecule has 0 heterocycles. The topological polar surface area (TPSA) is 62.8 Å². The molecule has 0 aliphatic heterocycles. The molecule has 3 N–H and O–H groups in total. The van der Waals surface area contributed by atoms with Crippen LogP contribution in [0.5, 0.6) is 0 Å². The number of hydrogen-bond donors (Lipinski definition) is 3. The van der Waals surface area contributed by atoms with Crippen LogP contribution in [-0.4, -0.2) is 39.1 Å². The van der Waals surface area contributed by atoms with Crippen molar-refractivity contribution in [3.8, 4) is 0 Å². The van der Waals surface area contributed by atoms with E-state index in [1.807, 2.05) is 0 Å². The van der Waals surface area contributed by atoms with Crippen LogP contribution in [0, 0.1) is 0 Å². The van der Waals surface area contributed by atoms with Gasteiger partial charge in [-0.15, -0.1) is 0 Å². The van der Waals surface area contributed by atoms with E-state index < -0.39 is 6.35 Å². The Morgan fingerprint density at radius 3 is 1.90 bits per heavy atom. The molecule has 5 heteroatoms. The molecule has 0 aromatic rings. The average molecular weight is 150 g/mol. The molecule has 0 atom stereocenters. The van der Waals surface area contributed by atoms with Gasteiger partial charge in [0.2, 0.25) is 0 Å². The number of hydrogen-bond acceptors (Lipinski definition) is 5.